The molecule has 12 aromatic rings. The van der Waals surface area contributed by atoms with Gasteiger partial charge in [0.15, 0.2) is 0 Å². The van der Waals surface area contributed by atoms with E-state index in [2.05, 4.69) is 262 Å². The Labute approximate surface area is 425 Å². The van der Waals surface area contributed by atoms with Gasteiger partial charge in [0.2, 0.25) is 0 Å². The smallest absolute Gasteiger partial charge is 0.0541 e. The van der Waals surface area contributed by atoms with Crippen molar-refractivity contribution in [3.8, 4) is 39.1 Å². The van der Waals surface area contributed by atoms with Gasteiger partial charge in [-0.05, 0) is 126 Å². The summed E-state index contributed by atoms with van der Waals surface area (Å²) in [5.74, 6) is 0.265. The third-order valence-electron chi connectivity index (χ3n) is 13.7. The van der Waals surface area contributed by atoms with Gasteiger partial charge in [0.05, 0.1) is 11.0 Å². The normalized spacial score (nSPS) is 11.9. The zero-order valence-corrected chi connectivity index (χ0v) is 41.6. The molecule has 0 aliphatic rings. The van der Waals surface area contributed by atoms with E-state index in [1.54, 1.807) is 0 Å². The molecule has 0 radical (unpaired) electrons. The molecule has 1 nitrogen and oxygen atoms in total. The number of hydrogen-bond acceptors (Lipinski definition) is 0. The molecule has 0 spiro atoms. The molecule has 1 heterocycles. The van der Waals surface area contributed by atoms with Crippen molar-refractivity contribution in [2.24, 2.45) is 0 Å². The van der Waals surface area contributed by atoms with Crippen LogP contribution in [0.15, 0.2) is 274 Å². The summed E-state index contributed by atoms with van der Waals surface area (Å²) in [6.45, 7) is 12.3. The van der Waals surface area contributed by atoms with Crippen LogP contribution >= 0.6 is 0 Å². The van der Waals surface area contributed by atoms with Gasteiger partial charge in [-0.3, -0.25) is 0 Å². The van der Waals surface area contributed by atoms with E-state index in [1.165, 1.54) is 110 Å². The van der Waals surface area contributed by atoms with Crippen LogP contribution in [0.25, 0.3) is 98.8 Å². The highest BCUT2D eigenvalue weighted by Crippen LogP contribution is 2.45. The number of allylic oxidation sites excluding steroid dienone is 5. The number of para-hydroxylation sites is 1. The third kappa shape index (κ3) is 9.33. The van der Waals surface area contributed by atoms with E-state index >= 15 is 0 Å². The lowest BCUT2D eigenvalue weighted by Crippen LogP contribution is -1.95. The first-order valence-electron chi connectivity index (χ1n) is 25.3. The fourth-order valence-electron chi connectivity index (χ4n) is 10.3. The number of benzene rings is 11. The minimum atomic E-state index is 0.265. The van der Waals surface area contributed by atoms with Crippen LogP contribution in [0.5, 0.6) is 0 Å². The van der Waals surface area contributed by atoms with Crippen LogP contribution in [0.2, 0.25) is 0 Å². The Morgan fingerprint density at radius 2 is 0.931 bits per heavy atom. The number of aromatic nitrogens is 1. The second kappa shape index (κ2) is 21.5. The van der Waals surface area contributed by atoms with E-state index in [4.69, 9.17) is 0 Å². The maximum absolute atomic E-state index is 3.95. The van der Waals surface area contributed by atoms with Crippen molar-refractivity contribution < 1.29 is 0 Å². The van der Waals surface area contributed by atoms with Gasteiger partial charge in [0.1, 0.15) is 0 Å². The van der Waals surface area contributed by atoms with Gasteiger partial charge in [0.25, 0.3) is 0 Å². The lowest BCUT2D eigenvalue weighted by atomic mass is 9.85. The van der Waals surface area contributed by atoms with Crippen LogP contribution in [0.4, 0.5) is 0 Å². The van der Waals surface area contributed by atoms with Gasteiger partial charge in [-0.1, -0.05) is 270 Å². The second-order valence-electron chi connectivity index (χ2n) is 18.1. The van der Waals surface area contributed by atoms with Crippen molar-refractivity contribution in [3.63, 3.8) is 0 Å². The first-order chi connectivity index (χ1) is 35.5. The molecule has 0 aliphatic carbocycles. The molecule has 1 heteroatoms. The van der Waals surface area contributed by atoms with Gasteiger partial charge < -0.3 is 4.57 Å². The van der Waals surface area contributed by atoms with Crippen molar-refractivity contribution in [3.05, 3.63) is 290 Å². The number of rotatable bonds is 9. The van der Waals surface area contributed by atoms with Crippen LogP contribution < -0.4 is 0 Å². The first-order valence-corrected chi connectivity index (χ1v) is 25.3. The average molecular weight is 926 g/mol. The Morgan fingerprint density at radius 3 is 1.51 bits per heavy atom. The molecular weight excluding hydrogens is 867 g/mol. The van der Waals surface area contributed by atoms with Crippen molar-refractivity contribution in [2.45, 2.75) is 33.6 Å². The summed E-state index contributed by atoms with van der Waals surface area (Å²) in [6, 6.07) is 88.1. The van der Waals surface area contributed by atoms with E-state index in [9.17, 15) is 0 Å². The van der Waals surface area contributed by atoms with Crippen molar-refractivity contribution in [1.29, 1.82) is 0 Å². The predicted molar refractivity (Wildman–Crippen MR) is 314 cm³/mol. The molecule has 0 fully saturated rings. The summed E-state index contributed by atoms with van der Waals surface area (Å²) in [7, 11) is 0. The fourth-order valence-corrected chi connectivity index (χ4v) is 10.3. The molecule has 0 saturated heterocycles. The predicted octanol–water partition coefficient (Wildman–Crippen LogP) is 20.2. The van der Waals surface area contributed by atoms with Crippen LogP contribution in [-0.2, 0) is 0 Å². The van der Waals surface area contributed by atoms with Crippen LogP contribution in [0, 0.1) is 6.92 Å². The largest absolute Gasteiger partial charge is 0.309 e. The summed E-state index contributed by atoms with van der Waals surface area (Å²) in [4.78, 5) is 0. The Morgan fingerprint density at radius 1 is 0.444 bits per heavy atom. The summed E-state index contributed by atoms with van der Waals surface area (Å²) >= 11 is 0. The highest BCUT2D eigenvalue weighted by molar-refractivity contribution is 6.21. The zero-order chi connectivity index (χ0) is 49.4. The van der Waals surface area contributed by atoms with E-state index in [1.807, 2.05) is 44.2 Å². The molecule has 0 amide bonds. The molecule has 12 rings (SSSR count). The monoisotopic (exact) mass is 925 g/mol. The highest BCUT2D eigenvalue weighted by Gasteiger charge is 2.19. The van der Waals surface area contributed by atoms with Gasteiger partial charge >= 0.3 is 0 Å². The molecule has 0 aliphatic heterocycles. The van der Waals surface area contributed by atoms with Gasteiger partial charge in [-0.2, -0.15) is 0 Å². The molecule has 1 unspecified atom stereocenters. The lowest BCUT2D eigenvalue weighted by Gasteiger charge is -2.18. The van der Waals surface area contributed by atoms with Gasteiger partial charge in [0, 0.05) is 16.5 Å². The Bertz CT molecular complexity index is 3830. The molecule has 0 saturated carbocycles. The van der Waals surface area contributed by atoms with Crippen LogP contribution in [-0.4, -0.2) is 4.57 Å². The lowest BCUT2D eigenvalue weighted by molar-refractivity contribution is 0.970. The standard InChI is InChI=1S/C62H45N.C7H8.C2H6/c1-3-4-17-48(40-42(2)43-18-6-5-7-19-43)44-30-32-46(33-31-44)61-54-24-10-12-26-56(54)62(57-27-13-11-25-55(57)61)47-34-37-50(38-35-47)63-59-29-15-14-23-53(59)58-41-49(36-39-60(58)63)52-28-16-21-45-20-8-9-22-51(45)52;1-7-5-3-2-4-6-7;1-2/h3-42H,1H2,2H3;2-6H,1H3;1-2H3/b17-4-,48-40-;;. The third-order valence-corrected chi connectivity index (χ3v) is 13.7. The number of aryl methyl sites for hydroxylation is 1. The highest BCUT2D eigenvalue weighted by atomic mass is 15.0. The van der Waals surface area contributed by atoms with Gasteiger partial charge in [-0.25, -0.2) is 0 Å². The first kappa shape index (κ1) is 46.9. The molecule has 1 aromatic heterocycles. The Hall–Kier alpha value is -8.78. The summed E-state index contributed by atoms with van der Waals surface area (Å²) in [6.07, 6.45) is 8.38. The maximum Gasteiger partial charge on any atom is 0.0541 e. The van der Waals surface area contributed by atoms with Crippen molar-refractivity contribution >= 4 is 59.7 Å². The molecule has 11 aromatic carbocycles. The molecule has 348 valence electrons. The quantitative estimate of drug-likeness (QED) is 0.100. The summed E-state index contributed by atoms with van der Waals surface area (Å²) in [5.41, 5.74) is 15.9. The van der Waals surface area contributed by atoms with E-state index in [0.29, 0.717) is 0 Å². The molecular formula is C71H59N. The topological polar surface area (TPSA) is 4.93 Å². The fraction of sp³-hybridized carbons (Fsp3) is 0.0704. The van der Waals surface area contributed by atoms with Crippen LogP contribution in [0.1, 0.15) is 43.4 Å². The SMILES string of the molecule is C=C/C=C\C(=C\C(C)c1ccccc1)c1ccc(-c2c3ccccc3c(-c3ccc(-n4c5ccccc5c5cc(-c6cccc7ccccc67)ccc54)cc3)c3ccccc23)cc1.CC.Cc1ccccc1. The Balaban J connectivity index is 0.000000606. The Kier molecular flexibility index (Phi) is 14.0. The van der Waals surface area contributed by atoms with Gasteiger partial charge in [-0.15, -0.1) is 0 Å². The molecule has 0 N–H and O–H groups in total. The molecule has 72 heavy (non-hydrogen) atoms. The minimum Gasteiger partial charge on any atom is -0.309 e. The van der Waals surface area contributed by atoms with E-state index < -0.39 is 0 Å². The van der Waals surface area contributed by atoms with Crippen molar-refractivity contribution in [1.82, 2.24) is 4.57 Å². The van der Waals surface area contributed by atoms with Crippen LogP contribution in [0.3, 0.4) is 0 Å². The maximum atomic E-state index is 3.95. The average Bonchev–Trinajstić information content (AvgIpc) is 3.78. The second-order valence-corrected chi connectivity index (χ2v) is 18.1. The zero-order valence-electron chi connectivity index (χ0n) is 41.6. The van der Waals surface area contributed by atoms with E-state index in [0.717, 1.165) is 5.69 Å². The summed E-state index contributed by atoms with van der Waals surface area (Å²) < 4.78 is 2.42. The minimum absolute atomic E-state index is 0.265. The molecule has 0 bridgehead atoms. The van der Waals surface area contributed by atoms with E-state index in [-0.39, 0.29) is 5.92 Å². The number of nitrogens with zero attached hydrogens (tertiary/aromatic N) is 1. The summed E-state index contributed by atoms with van der Waals surface area (Å²) in [5, 5.41) is 10.0. The number of hydrogen-bond donors (Lipinski definition) is 0. The molecule has 1 atom stereocenters. The van der Waals surface area contributed by atoms with Crippen molar-refractivity contribution in [2.75, 3.05) is 0 Å². The number of fused-ring (bicyclic) bond motifs is 6.